The number of rotatable bonds is 7. The zero-order chi connectivity index (χ0) is 19.8. The minimum absolute atomic E-state index is 0.261. The van der Waals surface area contributed by atoms with Gasteiger partial charge in [0.15, 0.2) is 5.78 Å². The van der Waals surface area contributed by atoms with E-state index in [-0.39, 0.29) is 18.1 Å². The Hall–Kier alpha value is -3.29. The van der Waals surface area contributed by atoms with E-state index >= 15 is 0 Å². The van der Waals surface area contributed by atoms with Crippen LogP contribution in [-0.2, 0) is 20.7 Å². The van der Waals surface area contributed by atoms with Crippen molar-refractivity contribution in [3.05, 3.63) is 65.2 Å². The highest BCUT2D eigenvalue weighted by Gasteiger charge is 2.16. The van der Waals surface area contributed by atoms with Crippen LogP contribution in [0.1, 0.15) is 29.3 Å². The Labute approximate surface area is 153 Å². The first-order valence-electron chi connectivity index (χ1n) is 8.00. The van der Waals surface area contributed by atoms with Crippen molar-refractivity contribution in [3.8, 4) is 0 Å². The fourth-order valence-electron chi connectivity index (χ4n) is 2.14. The van der Waals surface area contributed by atoms with Crippen LogP contribution in [-0.4, -0.2) is 24.3 Å². The second-order valence-corrected chi connectivity index (χ2v) is 5.57. The number of halogens is 2. The molecular formula is C19H16F2N2O4. The summed E-state index contributed by atoms with van der Waals surface area (Å²) in [7, 11) is 0. The molecule has 1 amide bonds. The summed E-state index contributed by atoms with van der Waals surface area (Å²) in [5, 5.41) is 7.14. The van der Waals surface area contributed by atoms with Gasteiger partial charge in [0, 0.05) is 19.4 Å². The zero-order valence-corrected chi connectivity index (χ0v) is 14.4. The number of carbonyl (C=O) groups is 3. The number of carbonyl (C=O) groups excluding carboxylic acids is 3. The number of hydrogen-bond acceptors (Lipinski definition) is 5. The number of ketones is 1. The lowest BCUT2D eigenvalue weighted by molar-refractivity contribution is -0.140. The molecular weight excluding hydrogens is 358 g/mol. The molecule has 0 aliphatic rings. The molecule has 2 rings (SSSR count). The lowest BCUT2D eigenvalue weighted by atomic mass is 10.1. The van der Waals surface area contributed by atoms with Gasteiger partial charge in [0.05, 0.1) is 24.3 Å². The zero-order valence-electron chi connectivity index (χ0n) is 14.4. The van der Waals surface area contributed by atoms with Crippen molar-refractivity contribution in [2.45, 2.75) is 19.8 Å². The van der Waals surface area contributed by atoms with Crippen molar-refractivity contribution in [1.82, 2.24) is 0 Å². The lowest BCUT2D eigenvalue weighted by Crippen LogP contribution is -2.08. The largest absolute Gasteiger partial charge is 0.466 e. The third-order valence-corrected chi connectivity index (χ3v) is 3.45. The van der Waals surface area contributed by atoms with E-state index in [1.807, 2.05) is 0 Å². The molecule has 0 saturated carbocycles. The Morgan fingerprint density at radius 3 is 2.37 bits per heavy atom. The van der Waals surface area contributed by atoms with E-state index in [2.05, 4.69) is 10.2 Å². The van der Waals surface area contributed by atoms with Gasteiger partial charge >= 0.3 is 5.97 Å². The SMILES string of the molecule is CC(=O)OCCc1ccc(N=NC(=O)CC(=O)c2ccc(F)cc2F)cc1. The van der Waals surface area contributed by atoms with E-state index < -0.39 is 29.7 Å². The van der Waals surface area contributed by atoms with E-state index in [0.717, 1.165) is 17.7 Å². The maximum Gasteiger partial charge on any atom is 0.302 e. The third kappa shape index (κ3) is 6.50. The second-order valence-electron chi connectivity index (χ2n) is 5.57. The summed E-state index contributed by atoms with van der Waals surface area (Å²) in [6.07, 6.45) is -0.139. The van der Waals surface area contributed by atoms with Gasteiger partial charge in [-0.2, -0.15) is 0 Å². The number of azo groups is 1. The van der Waals surface area contributed by atoms with Crippen LogP contribution in [0.5, 0.6) is 0 Å². The number of benzene rings is 2. The third-order valence-electron chi connectivity index (χ3n) is 3.45. The van der Waals surface area contributed by atoms with Gasteiger partial charge in [0.1, 0.15) is 11.6 Å². The molecule has 0 N–H and O–H groups in total. The van der Waals surface area contributed by atoms with E-state index in [4.69, 9.17) is 4.74 Å². The quantitative estimate of drug-likeness (QED) is 0.318. The van der Waals surface area contributed by atoms with Gasteiger partial charge in [-0.3, -0.25) is 14.4 Å². The molecule has 0 aromatic heterocycles. The van der Waals surface area contributed by atoms with Crippen LogP contribution in [0, 0.1) is 11.6 Å². The van der Waals surface area contributed by atoms with E-state index in [1.165, 1.54) is 6.92 Å². The molecule has 140 valence electrons. The number of Topliss-reactive ketones (excluding diaryl/α,β-unsaturated/α-hetero) is 1. The molecule has 0 heterocycles. The van der Waals surface area contributed by atoms with Gasteiger partial charge in [-0.25, -0.2) is 8.78 Å². The Morgan fingerprint density at radius 2 is 1.74 bits per heavy atom. The van der Waals surface area contributed by atoms with Crippen molar-refractivity contribution in [1.29, 1.82) is 0 Å². The van der Waals surface area contributed by atoms with Crippen LogP contribution < -0.4 is 0 Å². The average Bonchev–Trinajstić information content (AvgIpc) is 2.60. The summed E-state index contributed by atoms with van der Waals surface area (Å²) in [6, 6.07) is 9.19. The predicted octanol–water partition coefficient (Wildman–Crippen LogP) is 3.95. The molecule has 0 radical (unpaired) electrons. The molecule has 2 aromatic rings. The number of hydrogen-bond donors (Lipinski definition) is 0. The van der Waals surface area contributed by atoms with Crippen LogP contribution in [0.15, 0.2) is 52.7 Å². The highest BCUT2D eigenvalue weighted by Crippen LogP contribution is 2.15. The lowest BCUT2D eigenvalue weighted by Gasteiger charge is -2.02. The summed E-state index contributed by atoms with van der Waals surface area (Å²) in [4.78, 5) is 34.3. The molecule has 0 spiro atoms. The number of esters is 1. The highest BCUT2D eigenvalue weighted by atomic mass is 19.1. The van der Waals surface area contributed by atoms with E-state index in [9.17, 15) is 23.2 Å². The highest BCUT2D eigenvalue weighted by molar-refractivity contribution is 6.07. The molecule has 0 unspecified atom stereocenters. The van der Waals surface area contributed by atoms with Gasteiger partial charge in [0.25, 0.3) is 5.91 Å². The van der Waals surface area contributed by atoms with Crippen LogP contribution in [0.25, 0.3) is 0 Å². The molecule has 0 fully saturated rings. The molecule has 0 atom stereocenters. The van der Waals surface area contributed by atoms with Crippen molar-refractivity contribution >= 4 is 23.3 Å². The van der Waals surface area contributed by atoms with Crippen molar-refractivity contribution in [3.63, 3.8) is 0 Å². The van der Waals surface area contributed by atoms with Gasteiger partial charge in [0.2, 0.25) is 0 Å². The molecule has 6 nitrogen and oxygen atoms in total. The normalized spacial score (nSPS) is 10.8. The summed E-state index contributed by atoms with van der Waals surface area (Å²) in [5.41, 5.74) is 0.917. The molecule has 0 bridgehead atoms. The van der Waals surface area contributed by atoms with Gasteiger partial charge in [-0.1, -0.05) is 12.1 Å². The van der Waals surface area contributed by atoms with Gasteiger partial charge in [-0.05, 0) is 29.8 Å². The number of amides is 1. The molecule has 0 aliphatic heterocycles. The maximum absolute atomic E-state index is 13.5. The topological polar surface area (TPSA) is 85.2 Å². The molecule has 0 saturated heterocycles. The average molecular weight is 374 g/mol. The first-order valence-corrected chi connectivity index (χ1v) is 8.00. The van der Waals surface area contributed by atoms with Crippen molar-refractivity contribution in [2.75, 3.05) is 6.61 Å². The fraction of sp³-hybridized carbons (Fsp3) is 0.211. The summed E-state index contributed by atoms with van der Waals surface area (Å²) in [5.74, 6) is -3.85. The predicted molar refractivity (Wildman–Crippen MR) is 91.6 cm³/mol. The monoisotopic (exact) mass is 374 g/mol. The van der Waals surface area contributed by atoms with Crippen LogP contribution in [0.4, 0.5) is 14.5 Å². The fourth-order valence-corrected chi connectivity index (χ4v) is 2.14. The van der Waals surface area contributed by atoms with E-state index in [1.54, 1.807) is 24.3 Å². The van der Waals surface area contributed by atoms with Gasteiger partial charge < -0.3 is 4.74 Å². The summed E-state index contributed by atoms with van der Waals surface area (Å²) < 4.78 is 31.2. The minimum Gasteiger partial charge on any atom is -0.466 e. The van der Waals surface area contributed by atoms with Crippen molar-refractivity contribution in [2.24, 2.45) is 10.2 Å². The molecule has 0 aliphatic carbocycles. The maximum atomic E-state index is 13.5. The Bertz CT molecular complexity index is 880. The van der Waals surface area contributed by atoms with Crippen LogP contribution in [0.3, 0.4) is 0 Å². The smallest absolute Gasteiger partial charge is 0.302 e. The second kappa shape index (κ2) is 9.42. The summed E-state index contributed by atoms with van der Waals surface area (Å²) in [6.45, 7) is 1.59. The Kier molecular flexibility index (Phi) is 6.99. The number of ether oxygens (including phenoxy) is 1. The first-order chi connectivity index (χ1) is 12.8. The van der Waals surface area contributed by atoms with E-state index in [0.29, 0.717) is 18.2 Å². The Morgan fingerprint density at radius 1 is 1.04 bits per heavy atom. The minimum atomic E-state index is -1.03. The van der Waals surface area contributed by atoms with Crippen molar-refractivity contribution < 1.29 is 27.9 Å². The Balaban J connectivity index is 1.90. The first kappa shape index (κ1) is 20.0. The number of nitrogens with zero attached hydrogens (tertiary/aromatic N) is 2. The van der Waals surface area contributed by atoms with Gasteiger partial charge in [-0.15, -0.1) is 10.2 Å². The molecule has 27 heavy (non-hydrogen) atoms. The molecule has 2 aromatic carbocycles. The van der Waals surface area contributed by atoms with Crippen LogP contribution >= 0.6 is 0 Å². The molecule has 8 heteroatoms. The standard InChI is InChI=1S/C19H16F2N2O4/c1-12(24)27-9-8-13-2-5-15(6-3-13)22-23-19(26)11-18(25)16-7-4-14(20)10-17(16)21/h2-7,10H,8-9,11H2,1H3. The summed E-state index contributed by atoms with van der Waals surface area (Å²) >= 11 is 0. The van der Waals surface area contributed by atoms with Crippen LogP contribution in [0.2, 0.25) is 0 Å².